The number of hydrazine groups is 1. The van der Waals surface area contributed by atoms with Gasteiger partial charge in [0.1, 0.15) is 18.2 Å². The minimum absolute atomic E-state index is 0.235. The highest BCUT2D eigenvalue weighted by Gasteiger charge is 2.03. The molecule has 0 aliphatic rings. The number of benzene rings is 2. The topological polar surface area (TPSA) is 64.3 Å². The van der Waals surface area contributed by atoms with E-state index in [-0.39, 0.29) is 18.1 Å². The molecule has 0 spiro atoms. The van der Waals surface area contributed by atoms with Crippen LogP contribution >= 0.6 is 0 Å². The summed E-state index contributed by atoms with van der Waals surface area (Å²) < 4.78 is 18.6. The Balaban J connectivity index is 1.96. The number of hydrogen-bond donors (Lipinski definition) is 2. The fourth-order valence-electron chi connectivity index (χ4n) is 1.93. The minimum atomic E-state index is -0.276. The first-order chi connectivity index (χ1) is 10.1. The van der Waals surface area contributed by atoms with E-state index in [9.17, 15) is 9.18 Å². The summed E-state index contributed by atoms with van der Waals surface area (Å²) in [5.74, 6) is 5.19. The third kappa shape index (κ3) is 4.29. The number of halogens is 1. The molecule has 2 aromatic rings. The molecule has 21 heavy (non-hydrogen) atoms. The molecular weight excluding hydrogens is 271 g/mol. The average Bonchev–Trinajstić information content (AvgIpc) is 2.48. The Morgan fingerprint density at radius 1 is 1.19 bits per heavy atom. The van der Waals surface area contributed by atoms with Crippen LogP contribution in [0.4, 0.5) is 4.39 Å². The van der Waals surface area contributed by atoms with Crippen LogP contribution in [0.3, 0.4) is 0 Å². The van der Waals surface area contributed by atoms with Crippen LogP contribution < -0.4 is 16.0 Å². The van der Waals surface area contributed by atoms with Crippen LogP contribution in [-0.2, 0) is 17.8 Å². The molecule has 5 heteroatoms. The Bertz CT molecular complexity index is 627. The number of nitrogens with one attached hydrogen (secondary N) is 1. The molecule has 3 N–H and O–H groups in total. The van der Waals surface area contributed by atoms with Gasteiger partial charge in [0.15, 0.2) is 0 Å². The first-order valence-electron chi connectivity index (χ1n) is 6.54. The molecule has 1 amide bonds. The fourth-order valence-corrected chi connectivity index (χ4v) is 1.93. The number of carbonyl (C=O) groups excluding carboxylic acids is 1. The average molecular weight is 288 g/mol. The van der Waals surface area contributed by atoms with Gasteiger partial charge in [0.25, 0.3) is 0 Å². The van der Waals surface area contributed by atoms with Crippen molar-refractivity contribution in [3.05, 3.63) is 65.0 Å². The van der Waals surface area contributed by atoms with Crippen LogP contribution in [0.2, 0.25) is 0 Å². The normalized spacial score (nSPS) is 10.2. The molecule has 0 saturated carbocycles. The summed E-state index contributed by atoms with van der Waals surface area (Å²) in [6.07, 6.45) is 0.245. The standard InChI is InChI=1S/C16H17FN2O2/c1-11-8-14(17)6-7-15(11)21-10-13-4-2-12(3-5-13)9-16(20)19-18/h2-8H,9-10,18H2,1H3,(H,19,20). The molecule has 0 aliphatic carbocycles. The third-order valence-corrected chi connectivity index (χ3v) is 3.08. The SMILES string of the molecule is Cc1cc(F)ccc1OCc1ccc(CC(=O)NN)cc1. The van der Waals surface area contributed by atoms with Crippen LogP contribution in [-0.4, -0.2) is 5.91 Å². The van der Waals surface area contributed by atoms with Gasteiger partial charge in [-0.25, -0.2) is 10.2 Å². The Labute approximate surface area is 122 Å². The van der Waals surface area contributed by atoms with Gasteiger partial charge in [-0.05, 0) is 41.8 Å². The van der Waals surface area contributed by atoms with Gasteiger partial charge >= 0.3 is 0 Å². The van der Waals surface area contributed by atoms with Gasteiger partial charge in [0.05, 0.1) is 6.42 Å². The maximum Gasteiger partial charge on any atom is 0.238 e. The third-order valence-electron chi connectivity index (χ3n) is 3.08. The van der Waals surface area contributed by atoms with E-state index in [4.69, 9.17) is 10.6 Å². The van der Waals surface area contributed by atoms with Crippen molar-refractivity contribution < 1.29 is 13.9 Å². The van der Waals surface area contributed by atoms with E-state index in [1.165, 1.54) is 12.1 Å². The molecule has 0 saturated heterocycles. The number of amides is 1. The second-order valence-electron chi connectivity index (χ2n) is 4.76. The number of hydrogen-bond acceptors (Lipinski definition) is 3. The van der Waals surface area contributed by atoms with E-state index in [1.807, 2.05) is 24.3 Å². The summed E-state index contributed by atoms with van der Waals surface area (Å²) in [5, 5.41) is 0. The summed E-state index contributed by atoms with van der Waals surface area (Å²) >= 11 is 0. The minimum Gasteiger partial charge on any atom is -0.489 e. The highest BCUT2D eigenvalue weighted by Crippen LogP contribution is 2.19. The van der Waals surface area contributed by atoms with E-state index < -0.39 is 0 Å². The van der Waals surface area contributed by atoms with E-state index in [2.05, 4.69) is 5.43 Å². The zero-order valence-corrected chi connectivity index (χ0v) is 11.7. The van der Waals surface area contributed by atoms with Gasteiger partial charge in [-0.1, -0.05) is 24.3 Å². The first-order valence-corrected chi connectivity index (χ1v) is 6.54. The molecule has 0 unspecified atom stereocenters. The quantitative estimate of drug-likeness (QED) is 0.504. The predicted molar refractivity (Wildman–Crippen MR) is 77.9 cm³/mol. The molecule has 0 atom stereocenters. The monoisotopic (exact) mass is 288 g/mol. The molecule has 0 aliphatic heterocycles. The van der Waals surface area contributed by atoms with Crippen LogP contribution in [0, 0.1) is 12.7 Å². The predicted octanol–water partition coefficient (Wildman–Crippen LogP) is 2.25. The van der Waals surface area contributed by atoms with Crippen molar-refractivity contribution in [2.24, 2.45) is 5.84 Å². The Kier molecular flexibility index (Phi) is 4.90. The van der Waals surface area contributed by atoms with Crippen LogP contribution in [0.5, 0.6) is 5.75 Å². The zero-order chi connectivity index (χ0) is 15.2. The number of carbonyl (C=O) groups is 1. The van der Waals surface area contributed by atoms with Crippen molar-refractivity contribution in [3.8, 4) is 5.75 Å². The zero-order valence-electron chi connectivity index (χ0n) is 11.7. The van der Waals surface area contributed by atoms with Crippen molar-refractivity contribution in [1.82, 2.24) is 5.43 Å². The summed E-state index contributed by atoms with van der Waals surface area (Å²) in [4.78, 5) is 11.2. The summed E-state index contributed by atoms with van der Waals surface area (Å²) in [7, 11) is 0. The Morgan fingerprint density at radius 3 is 2.48 bits per heavy atom. The maximum absolute atomic E-state index is 13.0. The molecule has 0 fully saturated rings. The summed E-state index contributed by atoms with van der Waals surface area (Å²) in [5.41, 5.74) is 4.69. The van der Waals surface area contributed by atoms with Crippen molar-refractivity contribution in [2.45, 2.75) is 20.0 Å². The number of rotatable bonds is 5. The van der Waals surface area contributed by atoms with Crippen LogP contribution in [0.1, 0.15) is 16.7 Å². The number of ether oxygens (including phenoxy) is 1. The lowest BCUT2D eigenvalue weighted by molar-refractivity contribution is -0.120. The number of aryl methyl sites for hydroxylation is 1. The smallest absolute Gasteiger partial charge is 0.238 e. The lowest BCUT2D eigenvalue weighted by Gasteiger charge is -2.09. The van der Waals surface area contributed by atoms with Gasteiger partial charge in [0, 0.05) is 0 Å². The maximum atomic E-state index is 13.0. The molecule has 4 nitrogen and oxygen atoms in total. The largest absolute Gasteiger partial charge is 0.489 e. The molecule has 0 heterocycles. The van der Waals surface area contributed by atoms with Gasteiger partial charge in [0.2, 0.25) is 5.91 Å². The lowest BCUT2D eigenvalue weighted by atomic mass is 10.1. The summed E-state index contributed by atoms with van der Waals surface area (Å²) in [6, 6.07) is 11.9. The molecule has 2 aromatic carbocycles. The molecule has 0 aromatic heterocycles. The fraction of sp³-hybridized carbons (Fsp3) is 0.188. The van der Waals surface area contributed by atoms with E-state index in [0.717, 1.165) is 16.7 Å². The second kappa shape index (κ2) is 6.85. The Hall–Kier alpha value is -2.40. The van der Waals surface area contributed by atoms with E-state index in [0.29, 0.717) is 12.4 Å². The van der Waals surface area contributed by atoms with Gasteiger partial charge < -0.3 is 4.74 Å². The van der Waals surface area contributed by atoms with Crippen molar-refractivity contribution >= 4 is 5.91 Å². The first kappa shape index (κ1) is 15.0. The van der Waals surface area contributed by atoms with E-state index in [1.54, 1.807) is 13.0 Å². The lowest BCUT2D eigenvalue weighted by Crippen LogP contribution is -2.31. The van der Waals surface area contributed by atoms with Gasteiger partial charge in [-0.2, -0.15) is 0 Å². The van der Waals surface area contributed by atoms with Crippen molar-refractivity contribution in [3.63, 3.8) is 0 Å². The van der Waals surface area contributed by atoms with Crippen molar-refractivity contribution in [2.75, 3.05) is 0 Å². The molecular formula is C16H17FN2O2. The van der Waals surface area contributed by atoms with Crippen LogP contribution in [0.15, 0.2) is 42.5 Å². The Morgan fingerprint density at radius 2 is 1.86 bits per heavy atom. The van der Waals surface area contributed by atoms with Gasteiger partial charge in [-0.3, -0.25) is 10.2 Å². The van der Waals surface area contributed by atoms with Crippen LogP contribution in [0.25, 0.3) is 0 Å². The number of nitrogens with two attached hydrogens (primary N) is 1. The van der Waals surface area contributed by atoms with Crippen molar-refractivity contribution in [1.29, 1.82) is 0 Å². The molecule has 2 rings (SSSR count). The highest BCUT2D eigenvalue weighted by atomic mass is 19.1. The molecule has 0 radical (unpaired) electrons. The molecule has 0 bridgehead atoms. The van der Waals surface area contributed by atoms with E-state index >= 15 is 0 Å². The molecule has 110 valence electrons. The highest BCUT2D eigenvalue weighted by molar-refractivity contribution is 5.77. The van der Waals surface area contributed by atoms with Gasteiger partial charge in [-0.15, -0.1) is 0 Å². The second-order valence-corrected chi connectivity index (χ2v) is 4.76. The summed E-state index contributed by atoms with van der Waals surface area (Å²) in [6.45, 7) is 2.18.